The van der Waals surface area contributed by atoms with Gasteiger partial charge in [0.15, 0.2) is 0 Å². The number of aliphatic hydroxyl groups excluding tert-OH is 2. The smallest absolute Gasteiger partial charge is 0.309 e. The molecule has 0 heterocycles. The summed E-state index contributed by atoms with van der Waals surface area (Å²) in [5, 5.41) is 40.5. The van der Waals surface area contributed by atoms with Crippen LogP contribution in [0.1, 0.15) is 72.6 Å². The standard InChI is InChI=1S/C20H36O6/c1-5-26-18(23)15-8-6-7-14(13-15)9-10-17(22)20(4,25)12-11-16(21)19(2,3)24/h7,15-17,21-22,24-25H,5-6,8-13H2,1-4H3. The molecule has 1 rings (SSSR count). The van der Waals surface area contributed by atoms with Gasteiger partial charge in [-0.05, 0) is 72.6 Å². The molecule has 0 saturated carbocycles. The average molecular weight is 373 g/mol. The molecule has 4 N–H and O–H groups in total. The van der Waals surface area contributed by atoms with E-state index in [-0.39, 0.29) is 24.7 Å². The molecule has 6 nitrogen and oxygen atoms in total. The van der Waals surface area contributed by atoms with Crippen molar-refractivity contribution in [3.05, 3.63) is 11.6 Å². The van der Waals surface area contributed by atoms with Gasteiger partial charge in [0.2, 0.25) is 0 Å². The van der Waals surface area contributed by atoms with Crippen LogP contribution in [0.4, 0.5) is 0 Å². The Morgan fingerprint density at radius 1 is 1.23 bits per heavy atom. The number of hydrogen-bond donors (Lipinski definition) is 4. The summed E-state index contributed by atoms with van der Waals surface area (Å²) in [6.45, 7) is 6.75. The fourth-order valence-electron chi connectivity index (χ4n) is 3.24. The lowest BCUT2D eigenvalue weighted by Gasteiger charge is -2.32. The highest BCUT2D eigenvalue weighted by atomic mass is 16.5. The first-order valence-electron chi connectivity index (χ1n) is 9.62. The van der Waals surface area contributed by atoms with Crippen molar-refractivity contribution < 1.29 is 30.0 Å². The first-order chi connectivity index (χ1) is 12.0. The van der Waals surface area contributed by atoms with E-state index in [1.165, 1.54) is 13.8 Å². The van der Waals surface area contributed by atoms with Crippen LogP contribution in [-0.2, 0) is 9.53 Å². The molecule has 0 fully saturated rings. The van der Waals surface area contributed by atoms with Gasteiger partial charge >= 0.3 is 5.97 Å². The predicted molar refractivity (Wildman–Crippen MR) is 99.5 cm³/mol. The van der Waals surface area contributed by atoms with Crippen LogP contribution in [0.25, 0.3) is 0 Å². The van der Waals surface area contributed by atoms with E-state index in [1.807, 2.05) is 0 Å². The van der Waals surface area contributed by atoms with Crippen LogP contribution >= 0.6 is 0 Å². The second-order valence-electron chi connectivity index (χ2n) is 8.21. The Hall–Kier alpha value is -0.950. The molecule has 0 radical (unpaired) electrons. The minimum absolute atomic E-state index is 0.116. The van der Waals surface area contributed by atoms with E-state index in [1.54, 1.807) is 13.8 Å². The fraction of sp³-hybridized carbons (Fsp3) is 0.850. The molecule has 0 bridgehead atoms. The third-order valence-corrected chi connectivity index (χ3v) is 5.27. The van der Waals surface area contributed by atoms with Crippen molar-refractivity contribution in [2.24, 2.45) is 5.92 Å². The first-order valence-corrected chi connectivity index (χ1v) is 9.62. The zero-order chi connectivity index (χ0) is 20.0. The Morgan fingerprint density at radius 2 is 1.88 bits per heavy atom. The summed E-state index contributed by atoms with van der Waals surface area (Å²) >= 11 is 0. The van der Waals surface area contributed by atoms with E-state index in [0.29, 0.717) is 25.9 Å². The second kappa shape index (κ2) is 9.83. The average Bonchev–Trinajstić information content (AvgIpc) is 2.57. The molecule has 0 aromatic carbocycles. The van der Waals surface area contributed by atoms with Crippen molar-refractivity contribution in [2.45, 2.75) is 96.1 Å². The molecule has 0 saturated heterocycles. The van der Waals surface area contributed by atoms with Gasteiger partial charge in [0.1, 0.15) is 0 Å². The lowest BCUT2D eigenvalue weighted by molar-refractivity contribution is -0.148. The molecule has 4 unspecified atom stereocenters. The Labute approximate surface area is 156 Å². The number of carbonyl (C=O) groups excluding carboxylic acids is 1. The van der Waals surface area contributed by atoms with Crippen molar-refractivity contribution in [1.29, 1.82) is 0 Å². The van der Waals surface area contributed by atoms with Gasteiger partial charge in [-0.3, -0.25) is 4.79 Å². The maximum absolute atomic E-state index is 11.9. The largest absolute Gasteiger partial charge is 0.466 e. The van der Waals surface area contributed by atoms with Crippen LogP contribution in [0.2, 0.25) is 0 Å². The Morgan fingerprint density at radius 3 is 2.46 bits per heavy atom. The summed E-state index contributed by atoms with van der Waals surface area (Å²) in [6, 6.07) is 0. The van der Waals surface area contributed by atoms with E-state index in [9.17, 15) is 25.2 Å². The number of allylic oxidation sites excluding steroid dienone is 2. The SMILES string of the molecule is CCOC(=O)C1CCC=C(CCC(O)C(C)(O)CCC(O)C(C)(C)O)C1. The van der Waals surface area contributed by atoms with Gasteiger partial charge in [0, 0.05) is 0 Å². The zero-order valence-electron chi connectivity index (χ0n) is 16.6. The monoisotopic (exact) mass is 372 g/mol. The van der Waals surface area contributed by atoms with Crippen LogP contribution in [0.3, 0.4) is 0 Å². The minimum atomic E-state index is -1.35. The Balaban J connectivity index is 2.47. The molecule has 0 amide bonds. The lowest BCUT2D eigenvalue weighted by Crippen LogP contribution is -2.42. The van der Waals surface area contributed by atoms with E-state index < -0.39 is 23.4 Å². The molecule has 4 atom stereocenters. The topological polar surface area (TPSA) is 107 Å². The Kier molecular flexibility index (Phi) is 8.73. The molecule has 0 aromatic rings. The summed E-state index contributed by atoms with van der Waals surface area (Å²) in [4.78, 5) is 11.9. The second-order valence-corrected chi connectivity index (χ2v) is 8.21. The molecule has 152 valence electrons. The number of esters is 1. The third kappa shape index (κ3) is 7.35. The van der Waals surface area contributed by atoms with E-state index >= 15 is 0 Å². The maximum atomic E-state index is 11.9. The van der Waals surface area contributed by atoms with Crippen molar-refractivity contribution in [2.75, 3.05) is 6.61 Å². The highest BCUT2D eigenvalue weighted by molar-refractivity contribution is 5.73. The number of carbonyl (C=O) groups is 1. The number of hydrogen-bond acceptors (Lipinski definition) is 6. The van der Waals surface area contributed by atoms with E-state index in [4.69, 9.17) is 4.74 Å². The van der Waals surface area contributed by atoms with Gasteiger partial charge in [-0.15, -0.1) is 0 Å². The molecule has 26 heavy (non-hydrogen) atoms. The minimum Gasteiger partial charge on any atom is -0.466 e. The van der Waals surface area contributed by atoms with Crippen molar-refractivity contribution >= 4 is 5.97 Å². The lowest BCUT2D eigenvalue weighted by atomic mass is 9.83. The molecule has 0 spiro atoms. The molecule has 1 aliphatic carbocycles. The third-order valence-electron chi connectivity index (χ3n) is 5.27. The normalized spacial score (nSPS) is 22.9. The number of rotatable bonds is 10. The summed E-state index contributed by atoms with van der Waals surface area (Å²) < 4.78 is 5.09. The van der Waals surface area contributed by atoms with Gasteiger partial charge in [-0.25, -0.2) is 0 Å². The van der Waals surface area contributed by atoms with Crippen LogP contribution in [0, 0.1) is 5.92 Å². The quantitative estimate of drug-likeness (QED) is 0.345. The van der Waals surface area contributed by atoms with Gasteiger partial charge in [-0.1, -0.05) is 11.6 Å². The van der Waals surface area contributed by atoms with Gasteiger partial charge in [0.05, 0.1) is 35.9 Å². The van der Waals surface area contributed by atoms with E-state index in [2.05, 4.69) is 6.08 Å². The zero-order valence-corrected chi connectivity index (χ0v) is 16.6. The number of ether oxygens (including phenoxy) is 1. The number of aliphatic hydroxyl groups is 4. The summed E-state index contributed by atoms with van der Waals surface area (Å²) in [6.07, 6.45) is 3.83. The summed E-state index contributed by atoms with van der Waals surface area (Å²) in [5.41, 5.74) is -1.47. The van der Waals surface area contributed by atoms with Crippen LogP contribution in [0.5, 0.6) is 0 Å². The summed E-state index contributed by atoms with van der Waals surface area (Å²) in [5.74, 6) is -0.277. The van der Waals surface area contributed by atoms with Gasteiger partial charge < -0.3 is 25.2 Å². The van der Waals surface area contributed by atoms with Crippen LogP contribution in [-0.4, -0.2) is 56.4 Å². The molecule has 1 aliphatic rings. The Bertz CT molecular complexity index is 477. The highest BCUT2D eigenvalue weighted by Crippen LogP contribution is 2.30. The maximum Gasteiger partial charge on any atom is 0.309 e. The van der Waals surface area contributed by atoms with Crippen LogP contribution < -0.4 is 0 Å². The molecule has 0 aliphatic heterocycles. The van der Waals surface area contributed by atoms with Crippen molar-refractivity contribution in [3.63, 3.8) is 0 Å². The van der Waals surface area contributed by atoms with Gasteiger partial charge in [0.25, 0.3) is 0 Å². The molecular formula is C20H36O6. The predicted octanol–water partition coefficient (Wildman–Crippen LogP) is 2.08. The fourth-order valence-corrected chi connectivity index (χ4v) is 3.24. The van der Waals surface area contributed by atoms with Crippen LogP contribution in [0.15, 0.2) is 11.6 Å². The highest BCUT2D eigenvalue weighted by Gasteiger charge is 2.34. The van der Waals surface area contributed by atoms with E-state index in [0.717, 1.165) is 18.4 Å². The molecule has 6 heteroatoms. The molecular weight excluding hydrogens is 336 g/mol. The summed E-state index contributed by atoms with van der Waals surface area (Å²) in [7, 11) is 0. The molecule has 0 aromatic heterocycles. The van der Waals surface area contributed by atoms with Crippen molar-refractivity contribution in [3.8, 4) is 0 Å². The van der Waals surface area contributed by atoms with Crippen molar-refractivity contribution in [1.82, 2.24) is 0 Å². The van der Waals surface area contributed by atoms with Gasteiger partial charge in [-0.2, -0.15) is 0 Å². The first kappa shape index (κ1) is 23.1.